The van der Waals surface area contributed by atoms with Gasteiger partial charge in [0.1, 0.15) is 6.04 Å². The maximum absolute atomic E-state index is 12.1. The van der Waals surface area contributed by atoms with Crippen LogP contribution in [0.15, 0.2) is 12.4 Å². The monoisotopic (exact) mass is 296 g/mol. The van der Waals surface area contributed by atoms with Crippen molar-refractivity contribution in [3.8, 4) is 0 Å². The van der Waals surface area contributed by atoms with Crippen molar-refractivity contribution in [1.82, 2.24) is 20.0 Å². The molecule has 1 aromatic heterocycles. The second-order valence-corrected chi connectivity index (χ2v) is 5.11. The number of carbonyl (C=O) groups excluding carboxylic acids is 1. The first-order chi connectivity index (χ1) is 10.0. The van der Waals surface area contributed by atoms with Crippen LogP contribution in [0.25, 0.3) is 0 Å². The predicted molar refractivity (Wildman–Crippen MR) is 73.9 cm³/mol. The summed E-state index contributed by atoms with van der Waals surface area (Å²) in [5.41, 5.74) is 1.05. The van der Waals surface area contributed by atoms with E-state index in [4.69, 9.17) is 9.84 Å². The summed E-state index contributed by atoms with van der Waals surface area (Å²) in [7, 11) is 1.52. The number of aryl methyl sites for hydroxylation is 1. The summed E-state index contributed by atoms with van der Waals surface area (Å²) in [6.45, 7) is 3.16. The lowest BCUT2D eigenvalue weighted by Gasteiger charge is -2.21. The highest BCUT2D eigenvalue weighted by Crippen LogP contribution is 2.20. The number of amides is 2. The minimum atomic E-state index is -1.01. The van der Waals surface area contributed by atoms with E-state index >= 15 is 0 Å². The highest BCUT2D eigenvalue weighted by molar-refractivity contribution is 5.83. The van der Waals surface area contributed by atoms with Gasteiger partial charge in [-0.15, -0.1) is 0 Å². The van der Waals surface area contributed by atoms with Gasteiger partial charge in [-0.05, 0) is 12.5 Å². The zero-order chi connectivity index (χ0) is 15.4. The molecule has 0 aliphatic carbocycles. The fourth-order valence-corrected chi connectivity index (χ4v) is 2.39. The molecule has 8 heteroatoms. The van der Waals surface area contributed by atoms with Gasteiger partial charge in [-0.25, -0.2) is 9.59 Å². The number of carboxylic acids is 1. The van der Waals surface area contributed by atoms with Crippen LogP contribution < -0.4 is 5.32 Å². The van der Waals surface area contributed by atoms with Gasteiger partial charge < -0.3 is 20.1 Å². The summed E-state index contributed by atoms with van der Waals surface area (Å²) in [4.78, 5) is 24.6. The number of ether oxygens (including phenoxy) is 1. The van der Waals surface area contributed by atoms with Crippen molar-refractivity contribution in [3.05, 3.63) is 18.0 Å². The Bertz CT molecular complexity index is 516. The summed E-state index contributed by atoms with van der Waals surface area (Å²) in [6.07, 6.45) is 3.71. The number of methoxy groups -OCH3 is 1. The Morgan fingerprint density at radius 1 is 1.57 bits per heavy atom. The molecule has 0 aromatic carbocycles. The molecule has 2 amide bonds. The molecule has 1 fully saturated rings. The van der Waals surface area contributed by atoms with E-state index in [0.717, 1.165) is 5.56 Å². The van der Waals surface area contributed by atoms with Gasteiger partial charge in [0.15, 0.2) is 0 Å². The van der Waals surface area contributed by atoms with E-state index in [1.165, 1.54) is 12.0 Å². The van der Waals surface area contributed by atoms with E-state index in [0.29, 0.717) is 26.1 Å². The number of hydrogen-bond donors (Lipinski definition) is 2. The molecule has 0 bridgehead atoms. The van der Waals surface area contributed by atoms with Crippen molar-refractivity contribution in [3.63, 3.8) is 0 Å². The standard InChI is InChI=1S/C13H20N4O4/c1-9-6-15-16(7-9)4-3-14-13(20)17-8-10(21-2)5-11(17)12(18)19/h6-7,10-11H,3-5,8H2,1-2H3,(H,14,20)(H,18,19). The van der Waals surface area contributed by atoms with Gasteiger partial charge in [0, 0.05) is 32.8 Å². The number of hydrogen-bond acceptors (Lipinski definition) is 4. The molecule has 2 rings (SSSR count). The molecule has 2 heterocycles. The lowest BCUT2D eigenvalue weighted by atomic mass is 10.2. The van der Waals surface area contributed by atoms with Crippen LogP contribution in [0.1, 0.15) is 12.0 Å². The average molecular weight is 296 g/mol. The molecule has 1 aromatic rings. The van der Waals surface area contributed by atoms with Crippen molar-refractivity contribution in [2.24, 2.45) is 0 Å². The predicted octanol–water partition coefficient (Wildman–Crippen LogP) is 0.0750. The van der Waals surface area contributed by atoms with Gasteiger partial charge in [0.05, 0.1) is 18.8 Å². The first kappa shape index (κ1) is 15.3. The number of nitrogens with zero attached hydrogens (tertiary/aromatic N) is 3. The molecule has 2 N–H and O–H groups in total. The van der Waals surface area contributed by atoms with Crippen LogP contribution >= 0.6 is 0 Å². The average Bonchev–Trinajstić information content (AvgIpc) is 3.04. The van der Waals surface area contributed by atoms with Crippen LogP contribution in [0.4, 0.5) is 4.79 Å². The molecule has 1 saturated heterocycles. The minimum absolute atomic E-state index is 0.231. The molecule has 2 atom stereocenters. The topological polar surface area (TPSA) is 96.7 Å². The molecule has 1 aliphatic rings. The Morgan fingerprint density at radius 2 is 2.33 bits per heavy atom. The third kappa shape index (κ3) is 3.72. The Balaban J connectivity index is 1.85. The SMILES string of the molecule is COC1CC(C(=O)O)N(C(=O)NCCn2cc(C)cn2)C1. The summed E-state index contributed by atoms with van der Waals surface area (Å²) in [6, 6.07) is -1.22. The second kappa shape index (κ2) is 6.57. The maximum atomic E-state index is 12.1. The highest BCUT2D eigenvalue weighted by atomic mass is 16.5. The van der Waals surface area contributed by atoms with Crippen molar-refractivity contribution in [1.29, 1.82) is 0 Å². The molecule has 116 valence electrons. The zero-order valence-corrected chi connectivity index (χ0v) is 12.2. The Labute approximate surface area is 122 Å². The molecule has 0 saturated carbocycles. The minimum Gasteiger partial charge on any atom is -0.480 e. The molecular weight excluding hydrogens is 276 g/mol. The van der Waals surface area contributed by atoms with Crippen molar-refractivity contribution in [2.45, 2.75) is 32.0 Å². The van der Waals surface area contributed by atoms with Gasteiger partial charge in [-0.2, -0.15) is 5.10 Å². The maximum Gasteiger partial charge on any atom is 0.326 e. The molecule has 0 spiro atoms. The van der Waals surface area contributed by atoms with Crippen LogP contribution in [0.2, 0.25) is 0 Å². The van der Waals surface area contributed by atoms with E-state index in [1.54, 1.807) is 10.9 Å². The van der Waals surface area contributed by atoms with Gasteiger partial charge in [0.2, 0.25) is 0 Å². The van der Waals surface area contributed by atoms with Gasteiger partial charge >= 0.3 is 12.0 Å². The molecule has 2 unspecified atom stereocenters. The van der Waals surface area contributed by atoms with E-state index in [1.807, 2.05) is 13.1 Å². The number of urea groups is 1. The number of aromatic nitrogens is 2. The summed E-state index contributed by atoms with van der Waals surface area (Å²) >= 11 is 0. The van der Waals surface area contributed by atoms with E-state index < -0.39 is 12.0 Å². The van der Waals surface area contributed by atoms with Crippen LogP contribution in [0.5, 0.6) is 0 Å². The van der Waals surface area contributed by atoms with Gasteiger partial charge in [0.25, 0.3) is 0 Å². The first-order valence-electron chi connectivity index (χ1n) is 6.80. The van der Waals surface area contributed by atoms with Crippen LogP contribution in [-0.2, 0) is 16.1 Å². The lowest BCUT2D eigenvalue weighted by molar-refractivity contribution is -0.141. The Morgan fingerprint density at radius 3 is 2.90 bits per heavy atom. The largest absolute Gasteiger partial charge is 0.480 e. The normalized spacial score (nSPS) is 21.5. The molecular formula is C13H20N4O4. The number of aliphatic carboxylic acids is 1. The number of nitrogens with one attached hydrogen (secondary N) is 1. The van der Waals surface area contributed by atoms with Crippen molar-refractivity contribution in [2.75, 3.05) is 20.2 Å². The van der Waals surface area contributed by atoms with Crippen LogP contribution in [-0.4, -0.2) is 64.1 Å². The van der Waals surface area contributed by atoms with E-state index in [2.05, 4.69) is 10.4 Å². The molecule has 0 radical (unpaired) electrons. The fourth-order valence-electron chi connectivity index (χ4n) is 2.39. The van der Waals surface area contributed by atoms with E-state index in [9.17, 15) is 9.59 Å². The molecule has 21 heavy (non-hydrogen) atoms. The third-order valence-corrected chi connectivity index (χ3v) is 3.52. The number of rotatable bonds is 5. The van der Waals surface area contributed by atoms with E-state index in [-0.39, 0.29) is 12.1 Å². The molecule has 8 nitrogen and oxygen atoms in total. The summed E-state index contributed by atoms with van der Waals surface area (Å²) in [5.74, 6) is -1.01. The summed E-state index contributed by atoms with van der Waals surface area (Å²) in [5, 5.41) is 16.0. The first-order valence-corrected chi connectivity index (χ1v) is 6.80. The smallest absolute Gasteiger partial charge is 0.326 e. The quantitative estimate of drug-likeness (QED) is 0.802. The zero-order valence-electron chi connectivity index (χ0n) is 12.2. The van der Waals surface area contributed by atoms with Crippen LogP contribution in [0.3, 0.4) is 0 Å². The third-order valence-electron chi connectivity index (χ3n) is 3.52. The molecule has 1 aliphatic heterocycles. The van der Waals surface area contributed by atoms with Gasteiger partial charge in [-0.3, -0.25) is 4.68 Å². The second-order valence-electron chi connectivity index (χ2n) is 5.11. The lowest BCUT2D eigenvalue weighted by Crippen LogP contribution is -2.46. The van der Waals surface area contributed by atoms with Gasteiger partial charge in [-0.1, -0.05) is 0 Å². The number of carbonyl (C=O) groups is 2. The van der Waals surface area contributed by atoms with Crippen LogP contribution in [0, 0.1) is 6.92 Å². The summed E-state index contributed by atoms with van der Waals surface area (Å²) < 4.78 is 6.88. The Kier molecular flexibility index (Phi) is 4.79. The Hall–Kier alpha value is -2.09. The number of carboxylic acid groups (broad SMARTS) is 1. The highest BCUT2D eigenvalue weighted by Gasteiger charge is 2.39. The van der Waals surface area contributed by atoms with Crippen molar-refractivity contribution < 1.29 is 19.4 Å². The van der Waals surface area contributed by atoms with Crippen molar-refractivity contribution >= 4 is 12.0 Å². The fraction of sp³-hybridized carbons (Fsp3) is 0.615. The number of likely N-dealkylation sites (tertiary alicyclic amines) is 1.